The predicted molar refractivity (Wildman–Crippen MR) is 75.2 cm³/mol. The fourth-order valence-corrected chi connectivity index (χ4v) is 2.65. The number of nitrogens with zero attached hydrogens (tertiary/aromatic N) is 1. The van der Waals surface area contributed by atoms with E-state index in [1.807, 2.05) is 30.9 Å². The van der Waals surface area contributed by atoms with E-state index in [-0.39, 0.29) is 0 Å². The summed E-state index contributed by atoms with van der Waals surface area (Å²) in [6.07, 6.45) is 0. The van der Waals surface area contributed by atoms with E-state index >= 15 is 0 Å². The van der Waals surface area contributed by atoms with Crippen LogP contribution in [0, 0.1) is 13.8 Å². The van der Waals surface area contributed by atoms with Crippen LogP contribution in [0.25, 0.3) is 0 Å². The Labute approximate surface area is 119 Å². The number of ether oxygens (including phenoxy) is 2. The summed E-state index contributed by atoms with van der Waals surface area (Å²) in [6, 6.07) is 3.20. The standard InChI is InChI=1S/C15H21NO4/c1-10-9-13(19-3)11(2)8-12(10)14(15(17)18)16-4-6-20-7-5-16/h8-9,14H,4-7H2,1-3H3,(H,17,18). The van der Waals surface area contributed by atoms with E-state index in [2.05, 4.69) is 0 Å². The lowest BCUT2D eigenvalue weighted by Crippen LogP contribution is -2.42. The highest BCUT2D eigenvalue weighted by molar-refractivity contribution is 5.76. The number of rotatable bonds is 4. The van der Waals surface area contributed by atoms with Crippen molar-refractivity contribution in [2.45, 2.75) is 19.9 Å². The van der Waals surface area contributed by atoms with Crippen molar-refractivity contribution in [2.75, 3.05) is 33.4 Å². The maximum absolute atomic E-state index is 11.7. The van der Waals surface area contributed by atoms with Gasteiger partial charge >= 0.3 is 5.97 Å². The highest BCUT2D eigenvalue weighted by Gasteiger charge is 2.30. The first-order valence-corrected chi connectivity index (χ1v) is 6.74. The van der Waals surface area contributed by atoms with Crippen molar-refractivity contribution in [2.24, 2.45) is 0 Å². The van der Waals surface area contributed by atoms with Crippen molar-refractivity contribution < 1.29 is 19.4 Å². The molecule has 1 saturated heterocycles. The van der Waals surface area contributed by atoms with Gasteiger partial charge in [-0.1, -0.05) is 0 Å². The minimum atomic E-state index is -0.820. The van der Waals surface area contributed by atoms with E-state index in [1.165, 1.54) is 0 Å². The molecule has 1 heterocycles. The molecule has 0 saturated carbocycles. The number of carbonyl (C=O) groups is 1. The van der Waals surface area contributed by atoms with E-state index in [1.54, 1.807) is 7.11 Å². The summed E-state index contributed by atoms with van der Waals surface area (Å²) < 4.78 is 10.6. The summed E-state index contributed by atoms with van der Waals surface area (Å²) in [5.74, 6) is -0.0306. The number of aryl methyl sites for hydroxylation is 2. The molecule has 110 valence electrons. The lowest BCUT2D eigenvalue weighted by Gasteiger charge is -2.33. The molecule has 0 amide bonds. The smallest absolute Gasteiger partial charge is 0.325 e. The molecule has 1 aromatic rings. The van der Waals surface area contributed by atoms with Crippen molar-refractivity contribution in [3.63, 3.8) is 0 Å². The van der Waals surface area contributed by atoms with Crippen LogP contribution in [0.5, 0.6) is 5.75 Å². The van der Waals surface area contributed by atoms with Crippen LogP contribution in [0.3, 0.4) is 0 Å². The minimum absolute atomic E-state index is 0.581. The fraction of sp³-hybridized carbons (Fsp3) is 0.533. The maximum Gasteiger partial charge on any atom is 0.325 e. The first-order chi connectivity index (χ1) is 9.54. The molecule has 1 aliphatic heterocycles. The van der Waals surface area contributed by atoms with Crippen molar-refractivity contribution in [3.05, 3.63) is 28.8 Å². The third kappa shape index (κ3) is 2.94. The van der Waals surface area contributed by atoms with Crippen molar-refractivity contribution in [3.8, 4) is 5.75 Å². The van der Waals surface area contributed by atoms with Gasteiger partial charge in [0.2, 0.25) is 0 Å². The van der Waals surface area contributed by atoms with Crippen molar-refractivity contribution in [1.82, 2.24) is 4.90 Å². The summed E-state index contributed by atoms with van der Waals surface area (Å²) in [4.78, 5) is 13.7. The number of benzene rings is 1. The molecule has 1 fully saturated rings. The zero-order chi connectivity index (χ0) is 14.7. The Morgan fingerprint density at radius 2 is 1.95 bits per heavy atom. The molecule has 1 aromatic carbocycles. The molecule has 5 nitrogen and oxygen atoms in total. The van der Waals surface area contributed by atoms with E-state index in [0.717, 1.165) is 22.4 Å². The first-order valence-electron chi connectivity index (χ1n) is 6.74. The molecule has 1 atom stereocenters. The second kappa shape index (κ2) is 6.24. The zero-order valence-electron chi connectivity index (χ0n) is 12.2. The summed E-state index contributed by atoms with van der Waals surface area (Å²) in [5, 5.41) is 9.61. The van der Waals surface area contributed by atoms with Crippen LogP contribution < -0.4 is 4.74 Å². The quantitative estimate of drug-likeness (QED) is 0.910. The summed E-state index contributed by atoms with van der Waals surface area (Å²) in [6.45, 7) is 6.30. The lowest BCUT2D eigenvalue weighted by atomic mass is 9.96. The number of methoxy groups -OCH3 is 1. The van der Waals surface area contributed by atoms with Gasteiger partial charge in [0.25, 0.3) is 0 Å². The van der Waals surface area contributed by atoms with Crippen molar-refractivity contribution >= 4 is 5.97 Å². The van der Waals surface area contributed by atoms with Gasteiger partial charge in [-0.3, -0.25) is 9.69 Å². The SMILES string of the molecule is COc1cc(C)c(C(C(=O)O)N2CCOCC2)cc1C. The van der Waals surface area contributed by atoms with Crippen LogP contribution in [0.4, 0.5) is 0 Å². The largest absolute Gasteiger partial charge is 0.496 e. The van der Waals surface area contributed by atoms with E-state index in [0.29, 0.717) is 26.3 Å². The number of aliphatic carboxylic acids is 1. The molecule has 0 radical (unpaired) electrons. The number of hydrogen-bond acceptors (Lipinski definition) is 4. The Balaban J connectivity index is 2.38. The molecule has 0 bridgehead atoms. The van der Waals surface area contributed by atoms with Gasteiger partial charge in [-0.05, 0) is 42.7 Å². The van der Waals surface area contributed by atoms with Crippen LogP contribution in [-0.2, 0) is 9.53 Å². The monoisotopic (exact) mass is 279 g/mol. The highest BCUT2D eigenvalue weighted by atomic mass is 16.5. The summed E-state index contributed by atoms with van der Waals surface area (Å²) in [5.41, 5.74) is 2.72. The second-order valence-corrected chi connectivity index (χ2v) is 5.07. The average Bonchev–Trinajstić information content (AvgIpc) is 2.43. The molecule has 1 aliphatic rings. The Bertz CT molecular complexity index is 495. The molecule has 2 rings (SSSR count). The fourth-order valence-electron chi connectivity index (χ4n) is 2.65. The van der Waals surface area contributed by atoms with E-state index in [4.69, 9.17) is 9.47 Å². The number of carboxylic acid groups (broad SMARTS) is 1. The van der Waals surface area contributed by atoms with Gasteiger partial charge in [-0.2, -0.15) is 0 Å². The van der Waals surface area contributed by atoms with Crippen LogP contribution in [0.15, 0.2) is 12.1 Å². The number of hydrogen-bond donors (Lipinski definition) is 1. The Morgan fingerprint density at radius 1 is 1.30 bits per heavy atom. The van der Waals surface area contributed by atoms with Crippen LogP contribution in [0.1, 0.15) is 22.7 Å². The highest BCUT2D eigenvalue weighted by Crippen LogP contribution is 2.30. The molecule has 0 spiro atoms. The second-order valence-electron chi connectivity index (χ2n) is 5.07. The third-order valence-electron chi connectivity index (χ3n) is 3.72. The average molecular weight is 279 g/mol. The van der Waals surface area contributed by atoms with Crippen LogP contribution >= 0.6 is 0 Å². The van der Waals surface area contributed by atoms with Gasteiger partial charge in [0, 0.05) is 13.1 Å². The van der Waals surface area contributed by atoms with Gasteiger partial charge in [0.15, 0.2) is 0 Å². The first kappa shape index (κ1) is 14.8. The number of carboxylic acids is 1. The number of morpholine rings is 1. The van der Waals surface area contributed by atoms with Gasteiger partial charge in [0.1, 0.15) is 11.8 Å². The topological polar surface area (TPSA) is 59.0 Å². The molecule has 0 aliphatic carbocycles. The Morgan fingerprint density at radius 3 is 2.50 bits per heavy atom. The van der Waals surface area contributed by atoms with Crippen molar-refractivity contribution in [1.29, 1.82) is 0 Å². The molecular formula is C15H21NO4. The Hall–Kier alpha value is -1.59. The van der Waals surface area contributed by atoms with E-state index < -0.39 is 12.0 Å². The summed E-state index contributed by atoms with van der Waals surface area (Å²) in [7, 11) is 1.62. The molecular weight excluding hydrogens is 258 g/mol. The van der Waals surface area contributed by atoms with Gasteiger partial charge in [0.05, 0.1) is 20.3 Å². The molecule has 0 aromatic heterocycles. The minimum Gasteiger partial charge on any atom is -0.496 e. The normalized spacial score (nSPS) is 17.8. The Kier molecular flexibility index (Phi) is 4.62. The van der Waals surface area contributed by atoms with Gasteiger partial charge in [-0.15, -0.1) is 0 Å². The maximum atomic E-state index is 11.7. The zero-order valence-corrected chi connectivity index (χ0v) is 12.2. The predicted octanol–water partition coefficient (Wildman–Crippen LogP) is 1.77. The molecule has 1 unspecified atom stereocenters. The molecule has 1 N–H and O–H groups in total. The lowest BCUT2D eigenvalue weighted by molar-refractivity contribution is -0.145. The van der Waals surface area contributed by atoms with Gasteiger partial charge in [-0.25, -0.2) is 0 Å². The van der Waals surface area contributed by atoms with E-state index in [9.17, 15) is 9.90 Å². The van der Waals surface area contributed by atoms with Crippen LogP contribution in [0.2, 0.25) is 0 Å². The van der Waals surface area contributed by atoms with Gasteiger partial charge < -0.3 is 14.6 Å². The third-order valence-corrected chi connectivity index (χ3v) is 3.72. The molecule has 20 heavy (non-hydrogen) atoms. The molecule has 5 heteroatoms. The summed E-state index contributed by atoms with van der Waals surface area (Å²) >= 11 is 0. The van der Waals surface area contributed by atoms with Crippen LogP contribution in [-0.4, -0.2) is 49.4 Å².